The van der Waals surface area contributed by atoms with E-state index in [4.69, 9.17) is 0 Å². The Morgan fingerprint density at radius 3 is 2.25 bits per heavy atom. The van der Waals surface area contributed by atoms with E-state index in [2.05, 4.69) is 31.1 Å². The summed E-state index contributed by atoms with van der Waals surface area (Å²) in [5.41, 5.74) is 0.377. The molecule has 0 fully saturated rings. The van der Waals surface area contributed by atoms with E-state index in [9.17, 15) is 5.11 Å². The Bertz CT molecular complexity index is 167. The maximum Gasteiger partial charge on any atom is 0.0524 e. The van der Waals surface area contributed by atoms with E-state index in [1.807, 2.05) is 14.0 Å². The molecule has 0 heterocycles. The molecule has 0 spiro atoms. The smallest absolute Gasteiger partial charge is 0.0524 e. The van der Waals surface area contributed by atoms with Crippen LogP contribution < -0.4 is 5.32 Å². The molecule has 0 aromatic heterocycles. The minimum Gasteiger partial charge on any atom is -0.393 e. The van der Waals surface area contributed by atoms with E-state index in [0.717, 1.165) is 26.1 Å². The zero-order chi connectivity index (χ0) is 12.6. The Morgan fingerprint density at radius 2 is 1.88 bits per heavy atom. The van der Waals surface area contributed by atoms with Gasteiger partial charge in [0.05, 0.1) is 6.10 Å². The SMILES string of the molecule is CCC(CC)(CNC)CN(C)CCC(C)O. The number of nitrogens with zero attached hydrogens (tertiary/aromatic N) is 1. The van der Waals surface area contributed by atoms with E-state index in [1.165, 1.54) is 12.8 Å². The molecule has 0 aliphatic rings. The molecule has 0 saturated carbocycles. The average molecular weight is 230 g/mol. The van der Waals surface area contributed by atoms with Crippen molar-refractivity contribution in [1.29, 1.82) is 0 Å². The van der Waals surface area contributed by atoms with E-state index in [-0.39, 0.29) is 6.10 Å². The van der Waals surface area contributed by atoms with Gasteiger partial charge in [0.1, 0.15) is 0 Å². The van der Waals surface area contributed by atoms with Crippen molar-refractivity contribution in [3.63, 3.8) is 0 Å². The predicted molar refractivity (Wildman–Crippen MR) is 70.7 cm³/mol. The van der Waals surface area contributed by atoms with Crippen LogP contribution in [0, 0.1) is 5.41 Å². The maximum atomic E-state index is 9.28. The first-order chi connectivity index (χ1) is 7.49. The average Bonchev–Trinajstić information content (AvgIpc) is 2.25. The van der Waals surface area contributed by atoms with Gasteiger partial charge < -0.3 is 15.3 Å². The Hall–Kier alpha value is -0.120. The van der Waals surface area contributed by atoms with Crippen molar-refractivity contribution in [1.82, 2.24) is 10.2 Å². The number of rotatable bonds is 9. The third-order valence-electron chi connectivity index (χ3n) is 3.59. The lowest BCUT2D eigenvalue weighted by Gasteiger charge is -2.36. The molecule has 3 nitrogen and oxygen atoms in total. The van der Waals surface area contributed by atoms with E-state index < -0.39 is 0 Å². The van der Waals surface area contributed by atoms with Crippen LogP contribution in [0.5, 0.6) is 0 Å². The number of hydrogen-bond donors (Lipinski definition) is 2. The normalized spacial score (nSPS) is 14.4. The first-order valence-electron chi connectivity index (χ1n) is 6.51. The van der Waals surface area contributed by atoms with Crippen LogP contribution in [0.3, 0.4) is 0 Å². The van der Waals surface area contributed by atoms with Gasteiger partial charge in [0.2, 0.25) is 0 Å². The highest BCUT2D eigenvalue weighted by atomic mass is 16.3. The fraction of sp³-hybridized carbons (Fsp3) is 1.00. The van der Waals surface area contributed by atoms with Crippen LogP contribution in [-0.2, 0) is 0 Å². The minimum absolute atomic E-state index is 0.190. The highest BCUT2D eigenvalue weighted by molar-refractivity contribution is 4.81. The molecule has 0 aromatic carbocycles. The third kappa shape index (κ3) is 5.83. The van der Waals surface area contributed by atoms with Gasteiger partial charge in [0, 0.05) is 19.6 Å². The standard InChI is InChI=1S/C13H30N2O/c1-6-13(7-2,10-14-4)11-15(5)9-8-12(3)16/h12,14,16H,6-11H2,1-5H3. The molecule has 1 atom stereocenters. The molecule has 16 heavy (non-hydrogen) atoms. The van der Waals surface area contributed by atoms with Crippen molar-refractivity contribution in [3.8, 4) is 0 Å². The van der Waals surface area contributed by atoms with Gasteiger partial charge in [0.15, 0.2) is 0 Å². The first-order valence-corrected chi connectivity index (χ1v) is 6.51. The maximum absolute atomic E-state index is 9.28. The molecule has 0 aliphatic carbocycles. The summed E-state index contributed by atoms with van der Waals surface area (Å²) in [5.74, 6) is 0. The fourth-order valence-electron chi connectivity index (χ4n) is 2.21. The molecule has 0 rings (SSSR count). The second kappa shape index (κ2) is 8.04. The van der Waals surface area contributed by atoms with Crippen molar-refractivity contribution >= 4 is 0 Å². The van der Waals surface area contributed by atoms with Gasteiger partial charge in [-0.1, -0.05) is 13.8 Å². The van der Waals surface area contributed by atoms with Crippen molar-refractivity contribution in [2.45, 2.75) is 46.1 Å². The molecule has 3 heteroatoms. The summed E-state index contributed by atoms with van der Waals surface area (Å²) >= 11 is 0. The molecule has 0 radical (unpaired) electrons. The lowest BCUT2D eigenvalue weighted by molar-refractivity contribution is 0.127. The highest BCUT2D eigenvalue weighted by Crippen LogP contribution is 2.26. The van der Waals surface area contributed by atoms with E-state index in [0.29, 0.717) is 5.41 Å². The lowest BCUT2D eigenvalue weighted by atomic mass is 9.81. The summed E-state index contributed by atoms with van der Waals surface area (Å²) in [6.45, 7) is 9.54. The van der Waals surface area contributed by atoms with Gasteiger partial charge in [-0.25, -0.2) is 0 Å². The van der Waals surface area contributed by atoms with Crippen molar-refractivity contribution in [2.24, 2.45) is 5.41 Å². The Labute approximate surface area is 101 Å². The lowest BCUT2D eigenvalue weighted by Crippen LogP contribution is -2.42. The van der Waals surface area contributed by atoms with Gasteiger partial charge in [-0.05, 0) is 45.7 Å². The van der Waals surface area contributed by atoms with Gasteiger partial charge in [-0.15, -0.1) is 0 Å². The third-order valence-corrected chi connectivity index (χ3v) is 3.59. The van der Waals surface area contributed by atoms with Crippen LogP contribution in [0.15, 0.2) is 0 Å². The van der Waals surface area contributed by atoms with E-state index in [1.54, 1.807) is 0 Å². The molecule has 1 unspecified atom stereocenters. The van der Waals surface area contributed by atoms with Crippen LogP contribution in [0.2, 0.25) is 0 Å². The van der Waals surface area contributed by atoms with Crippen LogP contribution >= 0.6 is 0 Å². The van der Waals surface area contributed by atoms with Crippen LogP contribution in [0.1, 0.15) is 40.0 Å². The topological polar surface area (TPSA) is 35.5 Å². The molecule has 0 aliphatic heterocycles. The van der Waals surface area contributed by atoms with Crippen molar-refractivity contribution < 1.29 is 5.11 Å². The summed E-state index contributed by atoms with van der Waals surface area (Å²) in [4.78, 5) is 2.34. The summed E-state index contributed by atoms with van der Waals surface area (Å²) in [6.07, 6.45) is 3.07. The molecular weight excluding hydrogens is 200 g/mol. The second-order valence-corrected chi connectivity index (χ2v) is 5.11. The second-order valence-electron chi connectivity index (χ2n) is 5.11. The Balaban J connectivity index is 4.16. The van der Waals surface area contributed by atoms with Gasteiger partial charge in [0.25, 0.3) is 0 Å². The van der Waals surface area contributed by atoms with Gasteiger partial charge in [-0.2, -0.15) is 0 Å². The summed E-state index contributed by atoms with van der Waals surface area (Å²) in [5, 5.41) is 12.6. The Kier molecular flexibility index (Phi) is 7.98. The largest absolute Gasteiger partial charge is 0.393 e. The number of hydrogen-bond acceptors (Lipinski definition) is 3. The monoisotopic (exact) mass is 230 g/mol. The molecule has 98 valence electrons. The molecule has 0 aromatic rings. The number of aliphatic hydroxyl groups excluding tert-OH is 1. The van der Waals surface area contributed by atoms with Crippen molar-refractivity contribution in [2.75, 3.05) is 33.7 Å². The van der Waals surface area contributed by atoms with Gasteiger partial charge >= 0.3 is 0 Å². The quantitative estimate of drug-likeness (QED) is 0.633. The Morgan fingerprint density at radius 1 is 1.31 bits per heavy atom. The molecular formula is C13H30N2O. The summed E-state index contributed by atoms with van der Waals surface area (Å²) in [7, 11) is 4.17. The zero-order valence-corrected chi connectivity index (χ0v) is 11.7. The van der Waals surface area contributed by atoms with E-state index >= 15 is 0 Å². The summed E-state index contributed by atoms with van der Waals surface area (Å²) < 4.78 is 0. The molecule has 2 N–H and O–H groups in total. The van der Waals surface area contributed by atoms with Crippen LogP contribution in [0.25, 0.3) is 0 Å². The summed E-state index contributed by atoms with van der Waals surface area (Å²) in [6, 6.07) is 0. The van der Waals surface area contributed by atoms with Gasteiger partial charge in [-0.3, -0.25) is 0 Å². The zero-order valence-electron chi connectivity index (χ0n) is 11.7. The van der Waals surface area contributed by atoms with Crippen LogP contribution in [0.4, 0.5) is 0 Å². The molecule has 0 bridgehead atoms. The minimum atomic E-state index is -0.190. The highest BCUT2D eigenvalue weighted by Gasteiger charge is 2.26. The number of aliphatic hydroxyl groups is 1. The molecule has 0 saturated heterocycles. The van der Waals surface area contributed by atoms with Crippen molar-refractivity contribution in [3.05, 3.63) is 0 Å². The fourth-order valence-corrected chi connectivity index (χ4v) is 2.21. The van der Waals surface area contributed by atoms with Crippen LogP contribution in [-0.4, -0.2) is 49.8 Å². The predicted octanol–water partition coefficient (Wildman–Crippen LogP) is 1.71. The first kappa shape index (κ1) is 15.9. The number of nitrogens with one attached hydrogen (secondary N) is 1. The molecule has 0 amide bonds.